The van der Waals surface area contributed by atoms with Crippen molar-refractivity contribution in [1.82, 2.24) is 14.8 Å². The van der Waals surface area contributed by atoms with E-state index in [2.05, 4.69) is 10.1 Å². The van der Waals surface area contributed by atoms with Crippen LogP contribution in [0.3, 0.4) is 0 Å². The minimum Gasteiger partial charge on any atom is -0.381 e. The summed E-state index contributed by atoms with van der Waals surface area (Å²) in [6.07, 6.45) is 1.49. The van der Waals surface area contributed by atoms with Crippen molar-refractivity contribution < 1.29 is 4.79 Å². The molecular formula is C11H12ClN5O. The number of anilines is 1. The molecule has 0 aliphatic rings. The van der Waals surface area contributed by atoms with Crippen LogP contribution in [0.5, 0.6) is 0 Å². The molecule has 0 radical (unpaired) electrons. The first-order chi connectivity index (χ1) is 8.40. The topological polar surface area (TPSA) is 99.8 Å². The molecule has 0 bridgehead atoms. The molecule has 0 atom stereocenters. The Labute approximate surface area is 109 Å². The van der Waals surface area contributed by atoms with Gasteiger partial charge in [-0.3, -0.25) is 4.79 Å². The van der Waals surface area contributed by atoms with E-state index in [4.69, 9.17) is 23.1 Å². The van der Waals surface area contributed by atoms with Crippen molar-refractivity contribution in [1.29, 1.82) is 0 Å². The third-order valence-corrected chi connectivity index (χ3v) is 2.78. The van der Waals surface area contributed by atoms with E-state index in [0.717, 1.165) is 11.3 Å². The zero-order chi connectivity index (χ0) is 13.4. The zero-order valence-corrected chi connectivity index (χ0v) is 10.7. The number of hydrogen-bond acceptors (Lipinski definition) is 4. The van der Waals surface area contributed by atoms with E-state index < -0.39 is 5.91 Å². The van der Waals surface area contributed by atoms with E-state index in [0.29, 0.717) is 16.4 Å². The van der Waals surface area contributed by atoms with Crippen molar-refractivity contribution in [2.45, 2.75) is 13.8 Å². The summed E-state index contributed by atoms with van der Waals surface area (Å²) in [6, 6.07) is 1.78. The number of pyridine rings is 1. The number of nitrogen functional groups attached to an aromatic ring is 1. The summed E-state index contributed by atoms with van der Waals surface area (Å²) >= 11 is 5.84. The summed E-state index contributed by atoms with van der Waals surface area (Å²) < 4.78 is 1.36. The van der Waals surface area contributed by atoms with E-state index in [-0.39, 0.29) is 5.82 Å². The van der Waals surface area contributed by atoms with Gasteiger partial charge in [0.05, 0.1) is 11.8 Å². The van der Waals surface area contributed by atoms with Crippen LogP contribution in [0, 0.1) is 13.8 Å². The highest BCUT2D eigenvalue weighted by Gasteiger charge is 2.17. The van der Waals surface area contributed by atoms with E-state index >= 15 is 0 Å². The Morgan fingerprint density at radius 3 is 2.61 bits per heavy atom. The average Bonchev–Trinajstić information content (AvgIpc) is 2.57. The van der Waals surface area contributed by atoms with Crippen LogP contribution in [-0.2, 0) is 0 Å². The monoisotopic (exact) mass is 265 g/mol. The number of primary amides is 1. The first kappa shape index (κ1) is 12.4. The fraction of sp³-hybridized carbons (Fsp3) is 0.182. The van der Waals surface area contributed by atoms with E-state index in [9.17, 15) is 4.79 Å². The SMILES string of the molecule is Cc1cc(C)c(C(N)=O)c(-n2cc(Cl)c(N)n2)n1. The maximum atomic E-state index is 11.5. The van der Waals surface area contributed by atoms with Crippen molar-refractivity contribution >= 4 is 23.3 Å². The Morgan fingerprint density at radius 2 is 2.11 bits per heavy atom. The number of aromatic nitrogens is 3. The molecule has 0 unspecified atom stereocenters. The summed E-state index contributed by atoms with van der Waals surface area (Å²) in [5, 5.41) is 4.30. The summed E-state index contributed by atoms with van der Waals surface area (Å²) in [5.41, 5.74) is 12.7. The summed E-state index contributed by atoms with van der Waals surface area (Å²) in [7, 11) is 0. The van der Waals surface area contributed by atoms with Gasteiger partial charge in [0.1, 0.15) is 5.02 Å². The molecule has 2 rings (SSSR count). The largest absolute Gasteiger partial charge is 0.381 e. The number of rotatable bonds is 2. The molecule has 1 amide bonds. The Kier molecular flexibility index (Phi) is 2.96. The van der Waals surface area contributed by atoms with Crippen LogP contribution in [-0.4, -0.2) is 20.7 Å². The van der Waals surface area contributed by atoms with Gasteiger partial charge >= 0.3 is 0 Å². The van der Waals surface area contributed by atoms with Gasteiger partial charge in [-0.15, -0.1) is 5.10 Å². The molecule has 18 heavy (non-hydrogen) atoms. The maximum absolute atomic E-state index is 11.5. The lowest BCUT2D eigenvalue weighted by molar-refractivity contribution is 0.0999. The number of carbonyl (C=O) groups is 1. The second-order valence-electron chi connectivity index (χ2n) is 3.95. The molecule has 6 nitrogen and oxygen atoms in total. The predicted molar refractivity (Wildman–Crippen MR) is 68.8 cm³/mol. The van der Waals surface area contributed by atoms with Gasteiger partial charge in [-0.1, -0.05) is 11.6 Å². The van der Waals surface area contributed by atoms with Crippen LogP contribution in [0.25, 0.3) is 5.82 Å². The summed E-state index contributed by atoms with van der Waals surface area (Å²) in [5.74, 6) is -0.0631. The quantitative estimate of drug-likeness (QED) is 0.852. The minimum absolute atomic E-state index is 0.174. The first-order valence-electron chi connectivity index (χ1n) is 5.19. The molecule has 4 N–H and O–H groups in total. The fourth-order valence-corrected chi connectivity index (χ4v) is 1.89. The van der Waals surface area contributed by atoms with Gasteiger partial charge in [0.15, 0.2) is 11.6 Å². The van der Waals surface area contributed by atoms with Gasteiger partial charge in [-0.2, -0.15) is 0 Å². The second-order valence-corrected chi connectivity index (χ2v) is 4.36. The van der Waals surface area contributed by atoms with Crippen LogP contribution >= 0.6 is 11.6 Å². The molecule has 94 valence electrons. The Balaban J connectivity index is 2.73. The Morgan fingerprint density at radius 1 is 1.44 bits per heavy atom. The normalized spacial score (nSPS) is 10.6. The van der Waals surface area contributed by atoms with Crippen molar-refractivity contribution in [3.63, 3.8) is 0 Å². The molecule has 2 heterocycles. The highest BCUT2D eigenvalue weighted by molar-refractivity contribution is 6.32. The lowest BCUT2D eigenvalue weighted by atomic mass is 10.1. The smallest absolute Gasteiger partial charge is 0.252 e. The third-order valence-electron chi connectivity index (χ3n) is 2.48. The Hall–Kier alpha value is -2.08. The lowest BCUT2D eigenvalue weighted by Crippen LogP contribution is -2.18. The van der Waals surface area contributed by atoms with E-state index in [1.807, 2.05) is 6.92 Å². The highest BCUT2D eigenvalue weighted by Crippen LogP contribution is 2.22. The molecular weight excluding hydrogens is 254 g/mol. The molecule has 0 saturated carbocycles. The number of halogens is 1. The van der Waals surface area contributed by atoms with Crippen molar-refractivity contribution in [2.24, 2.45) is 5.73 Å². The van der Waals surface area contributed by atoms with Crippen LogP contribution in [0.1, 0.15) is 21.6 Å². The Bertz CT molecular complexity index is 615. The van der Waals surface area contributed by atoms with Crippen LogP contribution in [0.4, 0.5) is 5.82 Å². The zero-order valence-electron chi connectivity index (χ0n) is 9.94. The molecule has 7 heteroatoms. The lowest BCUT2D eigenvalue weighted by Gasteiger charge is -2.09. The molecule has 2 aromatic heterocycles. The molecule has 0 aliphatic heterocycles. The average molecular weight is 266 g/mol. The summed E-state index contributed by atoms with van der Waals surface area (Å²) in [4.78, 5) is 15.8. The van der Waals surface area contributed by atoms with Crippen LogP contribution in [0.15, 0.2) is 12.3 Å². The number of hydrogen-bond donors (Lipinski definition) is 2. The van der Waals surface area contributed by atoms with Crippen LogP contribution in [0.2, 0.25) is 5.02 Å². The van der Waals surface area contributed by atoms with Gasteiger partial charge in [0.25, 0.3) is 5.91 Å². The number of aryl methyl sites for hydroxylation is 2. The van der Waals surface area contributed by atoms with Gasteiger partial charge in [0, 0.05) is 5.69 Å². The van der Waals surface area contributed by atoms with Gasteiger partial charge in [-0.05, 0) is 25.5 Å². The third kappa shape index (κ3) is 2.02. The molecule has 0 spiro atoms. The van der Waals surface area contributed by atoms with Crippen molar-refractivity contribution in [2.75, 3.05) is 5.73 Å². The number of nitrogens with zero attached hydrogens (tertiary/aromatic N) is 3. The molecule has 0 saturated heterocycles. The molecule has 0 aliphatic carbocycles. The second kappa shape index (κ2) is 4.30. The summed E-state index contributed by atoms with van der Waals surface area (Å²) in [6.45, 7) is 3.60. The standard InChI is InChI=1S/C11H12ClN5O/c1-5-3-6(2)15-11(8(5)10(14)18)17-4-7(12)9(13)16-17/h3-4H,1-2H3,(H2,13,16)(H2,14,18). The van der Waals surface area contributed by atoms with Crippen molar-refractivity contribution in [3.05, 3.63) is 34.1 Å². The predicted octanol–water partition coefficient (Wildman–Crippen LogP) is 1.22. The minimum atomic E-state index is -0.569. The van der Waals surface area contributed by atoms with E-state index in [1.54, 1.807) is 13.0 Å². The first-order valence-corrected chi connectivity index (χ1v) is 5.57. The number of carbonyl (C=O) groups excluding carboxylic acids is 1. The highest BCUT2D eigenvalue weighted by atomic mass is 35.5. The number of amides is 1. The van der Waals surface area contributed by atoms with E-state index in [1.165, 1.54) is 10.9 Å². The van der Waals surface area contributed by atoms with Gasteiger partial charge in [-0.25, -0.2) is 9.67 Å². The number of nitrogens with two attached hydrogens (primary N) is 2. The van der Waals surface area contributed by atoms with Crippen molar-refractivity contribution in [3.8, 4) is 5.82 Å². The van der Waals surface area contributed by atoms with Gasteiger partial charge in [0.2, 0.25) is 0 Å². The fourth-order valence-electron chi connectivity index (χ4n) is 1.76. The molecule has 0 fully saturated rings. The van der Waals surface area contributed by atoms with Gasteiger partial charge < -0.3 is 11.5 Å². The molecule has 2 aromatic rings. The maximum Gasteiger partial charge on any atom is 0.252 e. The van der Waals surface area contributed by atoms with Crippen LogP contribution < -0.4 is 11.5 Å². The molecule has 0 aromatic carbocycles.